The lowest BCUT2D eigenvalue weighted by molar-refractivity contribution is 0.363. The maximum atomic E-state index is 3.71. The van der Waals surface area contributed by atoms with Crippen LogP contribution in [0.2, 0.25) is 0 Å². The number of nitrogens with zero attached hydrogens (tertiary/aromatic N) is 1. The quantitative estimate of drug-likeness (QED) is 0.636. The zero-order chi connectivity index (χ0) is 9.68. The van der Waals surface area contributed by atoms with Crippen molar-refractivity contribution in [1.82, 2.24) is 4.90 Å². The summed E-state index contributed by atoms with van der Waals surface area (Å²) >= 11 is 0. The van der Waals surface area contributed by atoms with E-state index in [9.17, 15) is 0 Å². The maximum absolute atomic E-state index is 3.71. The van der Waals surface area contributed by atoms with Gasteiger partial charge in [-0.3, -0.25) is 4.90 Å². The number of aryl methyl sites for hydroxylation is 1. The Morgan fingerprint density at radius 2 is 1.92 bits per heavy atom. The molecule has 0 unspecified atom stereocenters. The molecule has 0 spiro atoms. The molecule has 1 aromatic rings. The molecule has 0 aromatic heterocycles. The van der Waals surface area contributed by atoms with Crippen LogP contribution in [0.3, 0.4) is 0 Å². The van der Waals surface area contributed by atoms with Gasteiger partial charge in [-0.05, 0) is 19.5 Å². The molecule has 0 N–H and O–H groups in total. The van der Waals surface area contributed by atoms with Crippen LogP contribution in [0.25, 0.3) is 0 Å². The van der Waals surface area contributed by atoms with Gasteiger partial charge in [0.1, 0.15) is 0 Å². The topological polar surface area (TPSA) is 3.24 Å². The second-order valence-electron chi connectivity index (χ2n) is 3.47. The number of hydrogen-bond acceptors (Lipinski definition) is 1. The molecule has 0 fully saturated rings. The van der Waals surface area contributed by atoms with Crippen LogP contribution in [0.15, 0.2) is 36.9 Å². The molecule has 0 radical (unpaired) electrons. The van der Waals surface area contributed by atoms with Gasteiger partial charge in [0.2, 0.25) is 0 Å². The van der Waals surface area contributed by atoms with Gasteiger partial charge in [0.05, 0.1) is 0 Å². The van der Waals surface area contributed by atoms with Crippen molar-refractivity contribution in [3.8, 4) is 0 Å². The molecule has 1 rings (SSSR count). The van der Waals surface area contributed by atoms with Crippen molar-refractivity contribution >= 4 is 0 Å². The Kier molecular flexibility index (Phi) is 3.71. The summed E-state index contributed by atoms with van der Waals surface area (Å²) in [5.74, 6) is 0. The maximum Gasteiger partial charge on any atom is 0.0233 e. The van der Waals surface area contributed by atoms with Crippen LogP contribution in [-0.2, 0) is 6.54 Å². The van der Waals surface area contributed by atoms with Crippen molar-refractivity contribution in [3.63, 3.8) is 0 Å². The smallest absolute Gasteiger partial charge is 0.0233 e. The van der Waals surface area contributed by atoms with E-state index in [0.717, 1.165) is 13.1 Å². The van der Waals surface area contributed by atoms with E-state index in [4.69, 9.17) is 0 Å². The molecule has 1 aromatic carbocycles. The molecule has 0 heterocycles. The lowest BCUT2D eigenvalue weighted by atomic mass is 10.1. The highest BCUT2D eigenvalue weighted by molar-refractivity contribution is 5.21. The Morgan fingerprint density at radius 1 is 1.31 bits per heavy atom. The molecule has 13 heavy (non-hydrogen) atoms. The van der Waals surface area contributed by atoms with Gasteiger partial charge in [-0.25, -0.2) is 0 Å². The van der Waals surface area contributed by atoms with Crippen molar-refractivity contribution in [1.29, 1.82) is 0 Å². The van der Waals surface area contributed by atoms with Crippen LogP contribution in [0, 0.1) is 6.92 Å². The highest BCUT2D eigenvalue weighted by Gasteiger charge is 1.96. The van der Waals surface area contributed by atoms with Crippen LogP contribution < -0.4 is 0 Å². The third kappa shape index (κ3) is 3.43. The van der Waals surface area contributed by atoms with Gasteiger partial charge >= 0.3 is 0 Å². The fraction of sp³-hybridized carbons (Fsp3) is 0.333. The molecule has 0 amide bonds. The van der Waals surface area contributed by atoms with Crippen molar-refractivity contribution < 1.29 is 0 Å². The summed E-state index contributed by atoms with van der Waals surface area (Å²) in [7, 11) is 2.10. The van der Waals surface area contributed by atoms with Crippen molar-refractivity contribution in [3.05, 3.63) is 48.0 Å². The van der Waals surface area contributed by atoms with Crippen LogP contribution >= 0.6 is 0 Å². The van der Waals surface area contributed by atoms with Crippen molar-refractivity contribution in [2.45, 2.75) is 13.5 Å². The lowest BCUT2D eigenvalue weighted by Crippen LogP contribution is -2.17. The number of likely N-dealkylation sites (N-methyl/N-ethyl adjacent to an activating group) is 1. The first kappa shape index (κ1) is 10.0. The average molecular weight is 175 g/mol. The van der Waals surface area contributed by atoms with E-state index < -0.39 is 0 Å². The lowest BCUT2D eigenvalue weighted by Gasteiger charge is -2.13. The summed E-state index contributed by atoms with van der Waals surface area (Å²) in [5.41, 5.74) is 2.67. The van der Waals surface area contributed by atoms with Crippen molar-refractivity contribution in [2.75, 3.05) is 13.6 Å². The summed E-state index contributed by atoms with van der Waals surface area (Å²) in [5, 5.41) is 0. The Bertz CT molecular complexity index is 261. The van der Waals surface area contributed by atoms with E-state index in [1.807, 2.05) is 6.08 Å². The van der Waals surface area contributed by atoms with Gasteiger partial charge in [-0.2, -0.15) is 0 Å². The van der Waals surface area contributed by atoms with Crippen LogP contribution in [0.4, 0.5) is 0 Å². The standard InChI is InChI=1S/C12H17N/c1-4-9-13(3)10-12-7-5-11(2)6-8-12/h4-8H,1,9-10H2,2-3H3. The average Bonchev–Trinajstić information content (AvgIpc) is 2.09. The van der Waals surface area contributed by atoms with Gasteiger partial charge < -0.3 is 0 Å². The van der Waals surface area contributed by atoms with Gasteiger partial charge in [0.25, 0.3) is 0 Å². The molecule has 0 atom stereocenters. The van der Waals surface area contributed by atoms with E-state index in [0.29, 0.717) is 0 Å². The number of hydrogen-bond donors (Lipinski definition) is 0. The molecule has 0 saturated carbocycles. The zero-order valence-corrected chi connectivity index (χ0v) is 8.46. The van der Waals surface area contributed by atoms with Crippen molar-refractivity contribution in [2.24, 2.45) is 0 Å². The first-order chi connectivity index (χ1) is 6.22. The molecule has 0 aliphatic carbocycles. The monoisotopic (exact) mass is 175 g/mol. The molecule has 1 heteroatoms. The Labute approximate surface area is 80.7 Å². The van der Waals surface area contributed by atoms with E-state index in [2.05, 4.69) is 49.7 Å². The van der Waals surface area contributed by atoms with E-state index in [1.54, 1.807) is 0 Å². The molecule has 0 saturated heterocycles. The third-order valence-corrected chi connectivity index (χ3v) is 2.01. The first-order valence-electron chi connectivity index (χ1n) is 4.57. The summed E-state index contributed by atoms with van der Waals surface area (Å²) < 4.78 is 0. The van der Waals surface area contributed by atoms with E-state index >= 15 is 0 Å². The largest absolute Gasteiger partial charge is 0.298 e. The summed E-state index contributed by atoms with van der Waals surface area (Å²) in [6, 6.07) is 8.65. The van der Waals surface area contributed by atoms with Gasteiger partial charge in [0.15, 0.2) is 0 Å². The van der Waals surface area contributed by atoms with Crippen LogP contribution in [0.5, 0.6) is 0 Å². The molecule has 0 bridgehead atoms. The van der Waals surface area contributed by atoms with Gasteiger partial charge in [0, 0.05) is 13.1 Å². The molecule has 0 aliphatic heterocycles. The Morgan fingerprint density at radius 3 is 2.46 bits per heavy atom. The molecular formula is C12H17N. The van der Waals surface area contributed by atoms with Crippen LogP contribution in [-0.4, -0.2) is 18.5 Å². The van der Waals surface area contributed by atoms with Gasteiger partial charge in [-0.1, -0.05) is 35.9 Å². The summed E-state index contributed by atoms with van der Waals surface area (Å²) in [6.45, 7) is 7.75. The minimum atomic E-state index is 0.938. The second kappa shape index (κ2) is 4.83. The highest BCUT2D eigenvalue weighted by atomic mass is 15.1. The molecule has 1 nitrogen and oxygen atoms in total. The highest BCUT2D eigenvalue weighted by Crippen LogP contribution is 2.05. The Hall–Kier alpha value is -1.08. The minimum absolute atomic E-state index is 0.938. The first-order valence-corrected chi connectivity index (χ1v) is 4.57. The third-order valence-electron chi connectivity index (χ3n) is 2.01. The molecule has 70 valence electrons. The molecule has 0 aliphatic rings. The predicted molar refractivity (Wildman–Crippen MR) is 57.7 cm³/mol. The minimum Gasteiger partial charge on any atom is -0.298 e. The fourth-order valence-electron chi connectivity index (χ4n) is 1.29. The second-order valence-corrected chi connectivity index (χ2v) is 3.47. The normalized spacial score (nSPS) is 10.4. The van der Waals surface area contributed by atoms with E-state index in [-0.39, 0.29) is 0 Å². The number of rotatable bonds is 4. The van der Waals surface area contributed by atoms with E-state index in [1.165, 1.54) is 11.1 Å². The fourth-order valence-corrected chi connectivity index (χ4v) is 1.29. The molecular weight excluding hydrogens is 158 g/mol. The van der Waals surface area contributed by atoms with Gasteiger partial charge in [-0.15, -0.1) is 6.58 Å². The van der Waals surface area contributed by atoms with Crippen LogP contribution in [0.1, 0.15) is 11.1 Å². The summed E-state index contributed by atoms with van der Waals surface area (Å²) in [4.78, 5) is 2.23. The SMILES string of the molecule is C=CCN(C)Cc1ccc(C)cc1. The zero-order valence-electron chi connectivity index (χ0n) is 8.46. The summed E-state index contributed by atoms with van der Waals surface area (Å²) in [6.07, 6.45) is 1.92. The predicted octanol–water partition coefficient (Wildman–Crippen LogP) is 2.61. The number of benzene rings is 1. The Balaban J connectivity index is 2.53.